The van der Waals surface area contributed by atoms with Gasteiger partial charge in [-0.3, -0.25) is 0 Å². The lowest BCUT2D eigenvalue weighted by molar-refractivity contribution is 0.379. The third-order valence-corrected chi connectivity index (χ3v) is 4.71. The van der Waals surface area contributed by atoms with E-state index in [1.54, 1.807) is 6.92 Å². The number of hydrogen-bond acceptors (Lipinski definition) is 1. The highest BCUT2D eigenvalue weighted by Crippen LogP contribution is 2.42. The molecule has 0 heterocycles. The van der Waals surface area contributed by atoms with Crippen molar-refractivity contribution in [3.05, 3.63) is 52.4 Å². The molecule has 2 rings (SSSR count). The van der Waals surface area contributed by atoms with Crippen LogP contribution in [-0.4, -0.2) is 13.1 Å². The molecule has 0 bridgehead atoms. The van der Waals surface area contributed by atoms with Gasteiger partial charge >= 0.3 is 0 Å². The molecule has 1 unspecified atom stereocenters. The van der Waals surface area contributed by atoms with Gasteiger partial charge in [-0.05, 0) is 19.3 Å². The molecule has 10 heteroatoms. The molecule has 0 aromatic heterocycles. The molecular formula is C20H18F9N. The van der Waals surface area contributed by atoms with Crippen LogP contribution in [-0.2, 0) is 0 Å². The summed E-state index contributed by atoms with van der Waals surface area (Å²) >= 11 is 0. The van der Waals surface area contributed by atoms with Crippen molar-refractivity contribution in [1.29, 1.82) is 0 Å². The van der Waals surface area contributed by atoms with Crippen LogP contribution in [0.2, 0.25) is 0 Å². The minimum atomic E-state index is -2.53. The zero-order chi connectivity index (χ0) is 22.9. The van der Waals surface area contributed by atoms with E-state index < -0.39 is 69.2 Å². The first kappa shape index (κ1) is 23.9. The van der Waals surface area contributed by atoms with Gasteiger partial charge in [-0.25, -0.2) is 39.5 Å². The van der Waals surface area contributed by atoms with E-state index in [0.717, 1.165) is 4.90 Å². The molecule has 0 aliphatic carbocycles. The third kappa shape index (κ3) is 3.96. The van der Waals surface area contributed by atoms with Crippen molar-refractivity contribution in [2.45, 2.75) is 33.6 Å². The van der Waals surface area contributed by atoms with Gasteiger partial charge in [-0.1, -0.05) is 20.3 Å². The molecule has 0 saturated carbocycles. The fourth-order valence-corrected chi connectivity index (χ4v) is 3.31. The summed E-state index contributed by atoms with van der Waals surface area (Å²) in [6.45, 7) is 4.73. The summed E-state index contributed by atoms with van der Waals surface area (Å²) in [6.07, 6.45) is 1.28. The molecule has 1 atom stereocenters. The number of anilines is 1. The zero-order valence-corrected chi connectivity index (χ0v) is 16.3. The second kappa shape index (κ2) is 9.18. The number of hydrogen-bond donors (Lipinski definition) is 0. The largest absolute Gasteiger partial charge is 0.368 e. The summed E-state index contributed by atoms with van der Waals surface area (Å²) in [5.41, 5.74) is -4.58. The van der Waals surface area contributed by atoms with E-state index >= 15 is 0 Å². The van der Waals surface area contributed by atoms with Crippen LogP contribution in [0.5, 0.6) is 0 Å². The highest BCUT2D eigenvalue weighted by Gasteiger charge is 2.35. The van der Waals surface area contributed by atoms with Crippen molar-refractivity contribution in [3.8, 4) is 11.1 Å². The standard InChI is InChI=1S/C20H18F9N/c1-4-6-8(3)7-30(5-2)20-10(13(23)16(26)18(28)19(20)29)9-11(21)14(24)17(27)15(25)12(9)22/h8H,4-7H2,1-3H3. The molecule has 0 fully saturated rings. The van der Waals surface area contributed by atoms with Crippen LogP contribution in [0.3, 0.4) is 0 Å². The van der Waals surface area contributed by atoms with Gasteiger partial charge in [-0.2, -0.15) is 0 Å². The van der Waals surface area contributed by atoms with Crippen molar-refractivity contribution in [2.75, 3.05) is 18.0 Å². The lowest BCUT2D eigenvalue weighted by Crippen LogP contribution is -2.30. The Hall–Kier alpha value is -2.39. The summed E-state index contributed by atoms with van der Waals surface area (Å²) in [6, 6.07) is 0. The Balaban J connectivity index is 2.94. The Morgan fingerprint density at radius 2 is 1.00 bits per heavy atom. The molecule has 0 N–H and O–H groups in total. The van der Waals surface area contributed by atoms with Crippen LogP contribution in [0.25, 0.3) is 11.1 Å². The van der Waals surface area contributed by atoms with E-state index in [9.17, 15) is 39.5 Å². The fourth-order valence-electron chi connectivity index (χ4n) is 3.31. The number of nitrogens with zero attached hydrogens (tertiary/aromatic N) is 1. The Bertz CT molecular complexity index is 930. The minimum absolute atomic E-state index is 0.0752. The molecule has 0 radical (unpaired) electrons. The lowest BCUT2D eigenvalue weighted by Gasteiger charge is -2.29. The second-order valence-corrected chi connectivity index (χ2v) is 6.86. The van der Waals surface area contributed by atoms with Gasteiger partial charge in [0.1, 0.15) is 0 Å². The third-order valence-electron chi connectivity index (χ3n) is 4.71. The molecule has 0 saturated heterocycles. The molecule has 0 amide bonds. The molecule has 0 spiro atoms. The average Bonchev–Trinajstić information content (AvgIpc) is 2.72. The Kier molecular flexibility index (Phi) is 7.31. The van der Waals surface area contributed by atoms with Crippen molar-refractivity contribution >= 4 is 5.69 Å². The van der Waals surface area contributed by atoms with Crippen molar-refractivity contribution in [3.63, 3.8) is 0 Å². The van der Waals surface area contributed by atoms with E-state index in [1.165, 1.54) is 6.92 Å². The molecule has 1 nitrogen and oxygen atoms in total. The molecule has 0 aliphatic heterocycles. The first-order valence-corrected chi connectivity index (χ1v) is 9.11. The maximum Gasteiger partial charge on any atom is 0.200 e. The summed E-state index contributed by atoms with van der Waals surface area (Å²) in [5.74, 6) is -21.5. The number of rotatable bonds is 7. The first-order valence-electron chi connectivity index (χ1n) is 9.11. The van der Waals surface area contributed by atoms with Crippen molar-refractivity contribution in [1.82, 2.24) is 0 Å². The average molecular weight is 443 g/mol. The van der Waals surface area contributed by atoms with Gasteiger partial charge in [0.25, 0.3) is 0 Å². The van der Waals surface area contributed by atoms with E-state index in [-0.39, 0.29) is 19.0 Å². The van der Waals surface area contributed by atoms with Crippen LogP contribution in [0, 0.1) is 58.3 Å². The van der Waals surface area contributed by atoms with Crippen LogP contribution in [0.1, 0.15) is 33.6 Å². The maximum absolute atomic E-state index is 14.7. The van der Waals surface area contributed by atoms with E-state index in [2.05, 4.69) is 0 Å². The van der Waals surface area contributed by atoms with Gasteiger partial charge < -0.3 is 4.90 Å². The molecule has 166 valence electrons. The van der Waals surface area contributed by atoms with Gasteiger partial charge in [0.2, 0.25) is 5.82 Å². The monoisotopic (exact) mass is 443 g/mol. The predicted octanol–water partition coefficient (Wildman–Crippen LogP) is 6.87. The Morgan fingerprint density at radius 1 is 0.600 bits per heavy atom. The van der Waals surface area contributed by atoms with E-state index in [1.807, 2.05) is 6.92 Å². The smallest absolute Gasteiger partial charge is 0.200 e. The van der Waals surface area contributed by atoms with E-state index in [4.69, 9.17) is 0 Å². The zero-order valence-electron chi connectivity index (χ0n) is 16.3. The summed E-state index contributed by atoms with van der Waals surface area (Å²) in [5, 5.41) is 0. The second-order valence-electron chi connectivity index (χ2n) is 6.86. The number of halogens is 9. The molecule has 2 aromatic carbocycles. The van der Waals surface area contributed by atoms with Crippen LogP contribution < -0.4 is 4.90 Å². The Morgan fingerprint density at radius 3 is 1.43 bits per heavy atom. The fraction of sp³-hybridized carbons (Fsp3) is 0.400. The SMILES string of the molecule is CCCC(C)CN(CC)c1c(F)c(F)c(F)c(F)c1-c1c(F)c(F)c(F)c(F)c1F. The van der Waals surface area contributed by atoms with Crippen LogP contribution in [0.15, 0.2) is 0 Å². The highest BCUT2D eigenvalue weighted by atomic mass is 19.2. The summed E-state index contributed by atoms with van der Waals surface area (Å²) in [7, 11) is 0. The Labute approximate surface area is 167 Å². The van der Waals surface area contributed by atoms with Crippen molar-refractivity contribution in [2.24, 2.45) is 5.92 Å². The summed E-state index contributed by atoms with van der Waals surface area (Å²) in [4.78, 5) is 0.967. The van der Waals surface area contributed by atoms with Gasteiger partial charge in [0.05, 0.1) is 16.8 Å². The highest BCUT2D eigenvalue weighted by molar-refractivity contribution is 5.81. The predicted molar refractivity (Wildman–Crippen MR) is 93.5 cm³/mol. The molecular weight excluding hydrogens is 425 g/mol. The van der Waals surface area contributed by atoms with Crippen molar-refractivity contribution < 1.29 is 39.5 Å². The maximum atomic E-state index is 14.7. The normalized spacial score (nSPS) is 12.4. The first-order chi connectivity index (χ1) is 14.0. The van der Waals surface area contributed by atoms with E-state index in [0.29, 0.717) is 12.8 Å². The van der Waals surface area contributed by atoms with Crippen LogP contribution >= 0.6 is 0 Å². The molecule has 2 aromatic rings. The van der Waals surface area contributed by atoms with Gasteiger partial charge in [0, 0.05) is 13.1 Å². The molecule has 30 heavy (non-hydrogen) atoms. The minimum Gasteiger partial charge on any atom is -0.368 e. The summed E-state index contributed by atoms with van der Waals surface area (Å²) < 4.78 is 126. The molecule has 0 aliphatic rings. The lowest BCUT2D eigenvalue weighted by atomic mass is 9.97. The topological polar surface area (TPSA) is 3.24 Å². The van der Waals surface area contributed by atoms with Crippen LogP contribution in [0.4, 0.5) is 45.2 Å². The van der Waals surface area contributed by atoms with Gasteiger partial charge in [-0.15, -0.1) is 0 Å². The number of benzene rings is 2. The quantitative estimate of drug-likeness (QED) is 0.257. The van der Waals surface area contributed by atoms with Gasteiger partial charge in [0.15, 0.2) is 46.5 Å².